The molecule has 2 aliphatic rings. The first-order valence-electron chi connectivity index (χ1n) is 12.1. The summed E-state index contributed by atoms with van der Waals surface area (Å²) in [4.78, 5) is 32.6. The highest BCUT2D eigenvalue weighted by Gasteiger charge is 2.48. The van der Waals surface area contributed by atoms with E-state index in [1.807, 2.05) is 31.2 Å². The minimum atomic E-state index is -0.898. The van der Waals surface area contributed by atoms with E-state index in [1.54, 1.807) is 36.4 Å². The van der Waals surface area contributed by atoms with Crippen molar-refractivity contribution in [3.8, 4) is 5.75 Å². The van der Waals surface area contributed by atoms with Gasteiger partial charge < -0.3 is 24.1 Å². The van der Waals surface area contributed by atoms with Crippen LogP contribution >= 0.6 is 0 Å². The summed E-state index contributed by atoms with van der Waals surface area (Å²) in [6, 6.07) is 16.9. The summed E-state index contributed by atoms with van der Waals surface area (Å²) in [6.07, 6.45) is 1.49. The van der Waals surface area contributed by atoms with Gasteiger partial charge in [0.1, 0.15) is 23.3 Å². The number of aliphatic hydroxyl groups excluding tert-OH is 1. The maximum absolute atomic E-state index is 13.3. The average molecular weight is 488 g/mol. The number of ether oxygens (including phenoxy) is 1. The Morgan fingerprint density at radius 2 is 1.72 bits per heavy atom. The Kier molecular flexibility index (Phi) is 6.52. The number of piperazine rings is 1. The number of aliphatic hydroxyl groups is 1. The molecule has 0 radical (unpaired) electrons. The molecule has 5 rings (SSSR count). The van der Waals surface area contributed by atoms with Gasteiger partial charge in [0.15, 0.2) is 0 Å². The molecule has 0 bridgehead atoms. The van der Waals surface area contributed by atoms with Crippen molar-refractivity contribution in [2.45, 2.75) is 13.0 Å². The van der Waals surface area contributed by atoms with Crippen molar-refractivity contribution < 1.29 is 23.8 Å². The normalized spacial score (nSPS) is 20.2. The molecule has 1 amide bonds. The third kappa shape index (κ3) is 4.35. The number of carbonyl (C=O) groups is 2. The van der Waals surface area contributed by atoms with Gasteiger partial charge in [-0.2, -0.15) is 0 Å². The first-order chi connectivity index (χ1) is 17.5. The zero-order chi connectivity index (χ0) is 25.2. The summed E-state index contributed by atoms with van der Waals surface area (Å²) in [5, 5.41) is 11.2. The van der Waals surface area contributed by atoms with E-state index in [2.05, 4.69) is 16.8 Å². The SMILES string of the molecule is CCOc1cccc(/C(O)=C2/C(=O)C(=O)N(c3ccc(N4CCN(C)CC4)cc3)C2c2ccco2)c1. The van der Waals surface area contributed by atoms with Crippen LogP contribution < -0.4 is 14.5 Å². The molecule has 1 N–H and O–H groups in total. The number of nitrogens with zero attached hydrogens (tertiary/aromatic N) is 3. The van der Waals surface area contributed by atoms with Crippen LogP contribution in [0, 0.1) is 0 Å². The first-order valence-corrected chi connectivity index (χ1v) is 12.1. The summed E-state index contributed by atoms with van der Waals surface area (Å²) >= 11 is 0. The molecule has 3 aromatic rings. The zero-order valence-electron chi connectivity index (χ0n) is 20.4. The van der Waals surface area contributed by atoms with Gasteiger partial charge in [0.2, 0.25) is 0 Å². The predicted octanol–water partition coefficient (Wildman–Crippen LogP) is 4.06. The van der Waals surface area contributed by atoms with E-state index in [1.165, 1.54) is 11.2 Å². The molecule has 1 atom stereocenters. The Balaban J connectivity index is 1.54. The number of anilines is 2. The molecule has 36 heavy (non-hydrogen) atoms. The summed E-state index contributed by atoms with van der Waals surface area (Å²) in [6.45, 7) is 6.15. The number of carbonyl (C=O) groups excluding carboxylic acids is 2. The van der Waals surface area contributed by atoms with Gasteiger partial charge in [-0.1, -0.05) is 12.1 Å². The molecule has 0 spiro atoms. The van der Waals surface area contributed by atoms with Crippen molar-refractivity contribution in [2.75, 3.05) is 49.6 Å². The second-order valence-electron chi connectivity index (χ2n) is 8.95. The largest absolute Gasteiger partial charge is 0.507 e. The standard InChI is InChI=1S/C28H29N3O5/c1-3-35-22-7-4-6-19(18-22)26(32)24-25(23-8-5-17-36-23)31(28(34)27(24)33)21-11-9-20(10-12-21)30-15-13-29(2)14-16-30/h4-12,17-18,25,32H,3,13-16H2,1-2H3/b26-24-. The lowest BCUT2D eigenvalue weighted by molar-refractivity contribution is -0.132. The fraction of sp³-hybridized carbons (Fsp3) is 0.286. The molecule has 2 saturated heterocycles. The second-order valence-corrected chi connectivity index (χ2v) is 8.95. The van der Waals surface area contributed by atoms with Crippen LogP contribution in [0.25, 0.3) is 5.76 Å². The van der Waals surface area contributed by atoms with Gasteiger partial charge in [0.05, 0.1) is 18.4 Å². The molecule has 2 fully saturated rings. The van der Waals surface area contributed by atoms with Gasteiger partial charge in [0, 0.05) is 43.1 Å². The molecule has 1 aromatic heterocycles. The Hall–Kier alpha value is -4.04. The number of likely N-dealkylation sites (N-methyl/N-ethyl adjacent to an activating group) is 1. The number of hydrogen-bond donors (Lipinski definition) is 1. The Morgan fingerprint density at radius 3 is 2.39 bits per heavy atom. The van der Waals surface area contributed by atoms with E-state index in [0.29, 0.717) is 29.4 Å². The van der Waals surface area contributed by atoms with Crippen LogP contribution in [0.2, 0.25) is 0 Å². The minimum absolute atomic E-state index is 0.0215. The van der Waals surface area contributed by atoms with Crippen LogP contribution in [0.5, 0.6) is 5.75 Å². The van der Waals surface area contributed by atoms with Gasteiger partial charge in [-0.15, -0.1) is 0 Å². The predicted molar refractivity (Wildman–Crippen MR) is 137 cm³/mol. The molecular weight excluding hydrogens is 458 g/mol. The summed E-state index contributed by atoms with van der Waals surface area (Å²) in [5.74, 6) is -0.803. The number of hydrogen-bond acceptors (Lipinski definition) is 7. The third-order valence-electron chi connectivity index (χ3n) is 6.67. The molecule has 0 aliphatic carbocycles. The summed E-state index contributed by atoms with van der Waals surface area (Å²) in [7, 11) is 2.11. The molecular formula is C28H29N3O5. The molecule has 8 heteroatoms. The quantitative estimate of drug-likeness (QED) is 0.319. The summed E-state index contributed by atoms with van der Waals surface area (Å²) in [5.41, 5.74) is 1.98. The van der Waals surface area contributed by atoms with E-state index in [-0.39, 0.29) is 11.3 Å². The van der Waals surface area contributed by atoms with E-state index in [0.717, 1.165) is 31.9 Å². The Morgan fingerprint density at radius 1 is 1.00 bits per heavy atom. The Bertz CT molecular complexity index is 1270. The highest BCUT2D eigenvalue weighted by atomic mass is 16.5. The molecule has 0 saturated carbocycles. The van der Waals surface area contributed by atoms with Crippen LogP contribution in [-0.4, -0.2) is 61.5 Å². The fourth-order valence-corrected chi connectivity index (χ4v) is 4.76. The second kappa shape index (κ2) is 9.91. The van der Waals surface area contributed by atoms with E-state index >= 15 is 0 Å². The van der Waals surface area contributed by atoms with Crippen LogP contribution in [-0.2, 0) is 9.59 Å². The van der Waals surface area contributed by atoms with E-state index in [4.69, 9.17) is 9.15 Å². The average Bonchev–Trinajstić information content (AvgIpc) is 3.51. The molecule has 3 heterocycles. The van der Waals surface area contributed by atoms with Gasteiger partial charge in [-0.3, -0.25) is 14.5 Å². The molecule has 2 aliphatic heterocycles. The van der Waals surface area contributed by atoms with Crippen molar-refractivity contribution in [3.05, 3.63) is 83.8 Å². The van der Waals surface area contributed by atoms with Crippen molar-refractivity contribution in [1.82, 2.24) is 4.90 Å². The number of benzene rings is 2. The van der Waals surface area contributed by atoms with Gasteiger partial charge >= 0.3 is 0 Å². The third-order valence-corrected chi connectivity index (χ3v) is 6.67. The first kappa shape index (κ1) is 23.7. The van der Waals surface area contributed by atoms with Crippen molar-refractivity contribution in [3.63, 3.8) is 0 Å². The van der Waals surface area contributed by atoms with Gasteiger partial charge in [-0.05, 0) is 62.5 Å². The summed E-state index contributed by atoms with van der Waals surface area (Å²) < 4.78 is 11.2. The maximum atomic E-state index is 13.3. The van der Waals surface area contributed by atoms with Crippen LogP contribution in [0.4, 0.5) is 11.4 Å². The highest BCUT2D eigenvalue weighted by Crippen LogP contribution is 2.42. The van der Waals surface area contributed by atoms with Crippen molar-refractivity contribution in [1.29, 1.82) is 0 Å². The fourth-order valence-electron chi connectivity index (χ4n) is 4.76. The van der Waals surface area contributed by atoms with Crippen LogP contribution in [0.3, 0.4) is 0 Å². The van der Waals surface area contributed by atoms with Gasteiger partial charge in [0.25, 0.3) is 11.7 Å². The smallest absolute Gasteiger partial charge is 0.300 e. The van der Waals surface area contributed by atoms with Crippen molar-refractivity contribution in [2.24, 2.45) is 0 Å². The lowest BCUT2D eigenvalue weighted by atomic mass is 9.99. The number of furan rings is 1. The van der Waals surface area contributed by atoms with Gasteiger partial charge in [-0.25, -0.2) is 0 Å². The monoisotopic (exact) mass is 487 g/mol. The minimum Gasteiger partial charge on any atom is -0.507 e. The molecule has 8 nitrogen and oxygen atoms in total. The van der Waals surface area contributed by atoms with Crippen LogP contribution in [0.15, 0.2) is 76.9 Å². The number of rotatable bonds is 6. The molecule has 1 unspecified atom stereocenters. The van der Waals surface area contributed by atoms with Crippen LogP contribution in [0.1, 0.15) is 24.3 Å². The molecule has 186 valence electrons. The number of ketones is 1. The highest BCUT2D eigenvalue weighted by molar-refractivity contribution is 6.51. The zero-order valence-corrected chi connectivity index (χ0v) is 20.4. The Labute approximate surface area is 210 Å². The lowest BCUT2D eigenvalue weighted by Crippen LogP contribution is -2.44. The van der Waals surface area contributed by atoms with E-state index < -0.39 is 17.7 Å². The van der Waals surface area contributed by atoms with E-state index in [9.17, 15) is 14.7 Å². The topological polar surface area (TPSA) is 86.5 Å². The number of amides is 1. The lowest BCUT2D eigenvalue weighted by Gasteiger charge is -2.34. The number of Topliss-reactive ketones (excluding diaryl/α,β-unsaturated/α-hetero) is 1. The van der Waals surface area contributed by atoms with Crippen molar-refractivity contribution >= 4 is 28.8 Å². The maximum Gasteiger partial charge on any atom is 0.300 e. The molecule has 2 aromatic carbocycles.